The molecule has 0 aromatic heterocycles. The lowest BCUT2D eigenvalue weighted by atomic mass is 10.7. The van der Waals surface area contributed by atoms with E-state index in [1.165, 1.54) is 13.1 Å². The van der Waals surface area contributed by atoms with Crippen molar-refractivity contribution in [3.8, 4) is 0 Å². The second-order valence-corrected chi connectivity index (χ2v) is 5.23. The fourth-order valence-corrected chi connectivity index (χ4v) is 2.41. The molecule has 0 heterocycles. The Kier molecular flexibility index (Phi) is 4.19. The van der Waals surface area contributed by atoms with Crippen molar-refractivity contribution < 1.29 is 0 Å². The summed E-state index contributed by atoms with van der Waals surface area (Å²) in [5.41, 5.74) is 0. The largest absolute Gasteiger partial charge is 0.327 e. The molecule has 0 fully saturated rings. The quantitative estimate of drug-likeness (QED) is 0.522. The van der Waals surface area contributed by atoms with Gasteiger partial charge in [0.25, 0.3) is 0 Å². The summed E-state index contributed by atoms with van der Waals surface area (Å²) in [6, 6.07) is 0. The first kappa shape index (κ1) is 8.18. The SMILES string of the molecule is CCN(CC)[SiH](C)C. The fraction of sp³-hybridized carbons (Fsp3) is 1.00. The topological polar surface area (TPSA) is 3.24 Å². The maximum atomic E-state index is 2.56. The predicted octanol–water partition coefficient (Wildman–Crippen LogP) is 1.31. The fourth-order valence-electron chi connectivity index (χ4n) is 0.954. The van der Waals surface area contributed by atoms with Crippen molar-refractivity contribution in [1.29, 1.82) is 0 Å². The van der Waals surface area contributed by atoms with Crippen LogP contribution in [-0.2, 0) is 0 Å². The Balaban J connectivity index is 3.35. The van der Waals surface area contributed by atoms with Crippen LogP contribution < -0.4 is 0 Å². The summed E-state index contributed by atoms with van der Waals surface area (Å²) in [5, 5.41) is 0. The average molecular weight is 131 g/mol. The van der Waals surface area contributed by atoms with Crippen LogP contribution in [0.1, 0.15) is 13.8 Å². The molecule has 1 nitrogen and oxygen atoms in total. The Morgan fingerprint density at radius 2 is 1.50 bits per heavy atom. The van der Waals surface area contributed by atoms with Gasteiger partial charge in [0.2, 0.25) is 0 Å². The third kappa shape index (κ3) is 2.48. The molecule has 0 saturated heterocycles. The standard InChI is InChI=1S/C6H17NSi/c1-5-7(6-2)8(3)4/h8H,5-6H2,1-4H3. The molecule has 8 heavy (non-hydrogen) atoms. The van der Waals surface area contributed by atoms with E-state index in [1.54, 1.807) is 0 Å². The van der Waals surface area contributed by atoms with Gasteiger partial charge in [0.05, 0.1) is 0 Å². The average Bonchev–Trinajstić information content (AvgIpc) is 1.69. The van der Waals surface area contributed by atoms with Gasteiger partial charge in [-0.25, -0.2) is 0 Å². The van der Waals surface area contributed by atoms with Crippen LogP contribution in [0.15, 0.2) is 0 Å². The molecule has 0 aliphatic heterocycles. The van der Waals surface area contributed by atoms with Crippen molar-refractivity contribution in [1.82, 2.24) is 4.57 Å². The maximum absolute atomic E-state index is 2.56. The van der Waals surface area contributed by atoms with Gasteiger partial charge in [0, 0.05) is 0 Å². The van der Waals surface area contributed by atoms with Crippen LogP contribution in [0.5, 0.6) is 0 Å². The van der Waals surface area contributed by atoms with Crippen LogP contribution in [0.4, 0.5) is 0 Å². The van der Waals surface area contributed by atoms with Crippen LogP contribution in [-0.4, -0.2) is 26.6 Å². The molecule has 0 aliphatic rings. The van der Waals surface area contributed by atoms with Crippen molar-refractivity contribution in [3.05, 3.63) is 0 Å². The Hall–Kier alpha value is 0.177. The third-order valence-corrected chi connectivity index (χ3v) is 3.73. The van der Waals surface area contributed by atoms with Crippen molar-refractivity contribution in [2.24, 2.45) is 0 Å². The zero-order valence-corrected chi connectivity index (χ0v) is 7.59. The van der Waals surface area contributed by atoms with E-state index in [9.17, 15) is 0 Å². The molecule has 0 bridgehead atoms. The number of nitrogens with zero attached hydrogens (tertiary/aromatic N) is 1. The van der Waals surface area contributed by atoms with E-state index < -0.39 is 8.96 Å². The summed E-state index contributed by atoms with van der Waals surface area (Å²) in [7, 11) is -0.452. The molecule has 0 N–H and O–H groups in total. The van der Waals surface area contributed by atoms with Gasteiger partial charge in [-0.1, -0.05) is 26.9 Å². The Labute approximate surface area is 54.4 Å². The Morgan fingerprint density at radius 3 is 1.50 bits per heavy atom. The van der Waals surface area contributed by atoms with Crippen LogP contribution in [0.25, 0.3) is 0 Å². The van der Waals surface area contributed by atoms with Crippen LogP contribution >= 0.6 is 0 Å². The van der Waals surface area contributed by atoms with E-state index in [0.29, 0.717) is 0 Å². The monoisotopic (exact) mass is 131 g/mol. The van der Waals surface area contributed by atoms with E-state index >= 15 is 0 Å². The van der Waals surface area contributed by atoms with Gasteiger partial charge in [-0.15, -0.1) is 0 Å². The Morgan fingerprint density at radius 1 is 1.12 bits per heavy atom. The molecular formula is C6H17NSi. The highest BCUT2D eigenvalue weighted by Gasteiger charge is 2.02. The van der Waals surface area contributed by atoms with E-state index in [0.717, 1.165) is 0 Å². The molecule has 2 heteroatoms. The molecule has 0 rings (SSSR count). The molecule has 0 amide bonds. The van der Waals surface area contributed by atoms with Crippen molar-refractivity contribution >= 4 is 8.96 Å². The molecule has 0 aliphatic carbocycles. The van der Waals surface area contributed by atoms with Gasteiger partial charge in [-0.3, -0.25) is 0 Å². The first-order valence-electron chi connectivity index (χ1n) is 3.46. The van der Waals surface area contributed by atoms with Crippen molar-refractivity contribution in [2.45, 2.75) is 26.9 Å². The summed E-state index contributed by atoms with van der Waals surface area (Å²) >= 11 is 0. The summed E-state index contributed by atoms with van der Waals surface area (Å²) in [5.74, 6) is 0. The first-order valence-corrected chi connectivity index (χ1v) is 6.29. The third-order valence-electron chi connectivity index (χ3n) is 1.54. The summed E-state index contributed by atoms with van der Waals surface area (Å²) in [4.78, 5) is 0. The van der Waals surface area contributed by atoms with E-state index in [1.807, 2.05) is 0 Å². The number of hydrogen-bond acceptors (Lipinski definition) is 1. The zero-order chi connectivity index (χ0) is 6.57. The number of rotatable bonds is 3. The second kappa shape index (κ2) is 4.10. The van der Waals surface area contributed by atoms with E-state index in [2.05, 4.69) is 31.5 Å². The molecule has 0 atom stereocenters. The van der Waals surface area contributed by atoms with Gasteiger partial charge in [0.1, 0.15) is 8.96 Å². The first-order chi connectivity index (χ1) is 3.72. The molecule has 50 valence electrons. The van der Waals surface area contributed by atoms with Crippen LogP contribution in [0.2, 0.25) is 13.1 Å². The van der Waals surface area contributed by atoms with Crippen molar-refractivity contribution in [2.75, 3.05) is 13.1 Å². The minimum atomic E-state index is -0.452. The summed E-state index contributed by atoms with van der Waals surface area (Å²) in [6.07, 6.45) is 0. The molecular weight excluding hydrogens is 114 g/mol. The molecule has 0 aromatic rings. The summed E-state index contributed by atoms with van der Waals surface area (Å²) in [6.45, 7) is 11.7. The van der Waals surface area contributed by atoms with Gasteiger partial charge >= 0.3 is 0 Å². The predicted molar refractivity (Wildman–Crippen MR) is 41.8 cm³/mol. The molecule has 0 spiro atoms. The van der Waals surface area contributed by atoms with Gasteiger partial charge in [0.15, 0.2) is 0 Å². The molecule has 0 unspecified atom stereocenters. The smallest absolute Gasteiger partial charge is 0.105 e. The van der Waals surface area contributed by atoms with E-state index in [-0.39, 0.29) is 0 Å². The highest BCUT2D eigenvalue weighted by atomic mass is 28.3. The van der Waals surface area contributed by atoms with Crippen molar-refractivity contribution in [3.63, 3.8) is 0 Å². The van der Waals surface area contributed by atoms with E-state index in [4.69, 9.17) is 0 Å². The molecule has 0 radical (unpaired) electrons. The summed E-state index contributed by atoms with van der Waals surface area (Å²) < 4.78 is 2.56. The molecule has 0 aromatic carbocycles. The lowest BCUT2D eigenvalue weighted by Gasteiger charge is -2.21. The normalized spacial score (nSPS) is 11.2. The van der Waals surface area contributed by atoms with Gasteiger partial charge in [-0.2, -0.15) is 0 Å². The second-order valence-electron chi connectivity index (χ2n) is 2.31. The lowest BCUT2D eigenvalue weighted by Crippen LogP contribution is -2.33. The minimum Gasteiger partial charge on any atom is -0.327 e. The zero-order valence-electron chi connectivity index (χ0n) is 6.44. The van der Waals surface area contributed by atoms with Gasteiger partial charge in [-0.05, 0) is 13.1 Å². The Bertz CT molecular complexity index is 50.5. The van der Waals surface area contributed by atoms with Crippen LogP contribution in [0, 0.1) is 0 Å². The maximum Gasteiger partial charge on any atom is 0.105 e. The minimum absolute atomic E-state index is 0.452. The molecule has 0 saturated carbocycles. The highest BCUT2D eigenvalue weighted by Crippen LogP contribution is 1.90. The lowest BCUT2D eigenvalue weighted by molar-refractivity contribution is 0.484. The van der Waals surface area contributed by atoms with Crippen LogP contribution in [0.3, 0.4) is 0 Å². The number of hydrogen-bond donors (Lipinski definition) is 0. The highest BCUT2D eigenvalue weighted by molar-refractivity contribution is 6.52. The van der Waals surface area contributed by atoms with Gasteiger partial charge < -0.3 is 4.57 Å².